The van der Waals surface area contributed by atoms with Crippen LogP contribution in [0.2, 0.25) is 0 Å². The Balaban J connectivity index is 1.45. The van der Waals surface area contributed by atoms with Crippen LogP contribution in [0.4, 0.5) is 5.88 Å². The average Bonchev–Trinajstić information content (AvgIpc) is 3.35. The second-order valence-corrected chi connectivity index (χ2v) is 10.2. The molecule has 10 nitrogen and oxygen atoms in total. The number of aromatic nitrogens is 1. The van der Waals surface area contributed by atoms with Crippen LogP contribution in [0.5, 0.6) is 17.2 Å². The minimum absolute atomic E-state index is 0.0505. The normalized spacial score (nSPS) is 16.0. The number of hydrogen-bond acceptors (Lipinski definition) is 10. The van der Waals surface area contributed by atoms with Crippen molar-refractivity contribution < 1.29 is 31.8 Å². The van der Waals surface area contributed by atoms with Crippen LogP contribution in [0, 0.1) is 0 Å². The maximum absolute atomic E-state index is 13.7. The van der Waals surface area contributed by atoms with E-state index in [0.717, 1.165) is 13.1 Å². The maximum Gasteiger partial charge on any atom is 0.233 e. The molecule has 0 bridgehead atoms. The fourth-order valence-corrected chi connectivity index (χ4v) is 5.33. The van der Waals surface area contributed by atoms with Gasteiger partial charge in [0.15, 0.2) is 11.5 Å². The summed E-state index contributed by atoms with van der Waals surface area (Å²) in [6.45, 7) is 7.48. The topological polar surface area (TPSA) is 112 Å². The quantitative estimate of drug-likeness (QED) is 0.456. The van der Waals surface area contributed by atoms with Gasteiger partial charge in [-0.3, -0.25) is 4.90 Å². The summed E-state index contributed by atoms with van der Waals surface area (Å²) in [5, 5.41) is 2.97. The maximum atomic E-state index is 13.7. The van der Waals surface area contributed by atoms with E-state index in [4.69, 9.17) is 23.4 Å². The Morgan fingerprint density at radius 1 is 1.00 bits per heavy atom. The van der Waals surface area contributed by atoms with Gasteiger partial charge in [-0.05, 0) is 43.3 Å². The van der Waals surface area contributed by atoms with Crippen molar-refractivity contribution in [1.29, 1.82) is 0 Å². The zero-order valence-electron chi connectivity index (χ0n) is 20.1. The Morgan fingerprint density at radius 3 is 2.50 bits per heavy atom. The van der Waals surface area contributed by atoms with Gasteiger partial charge in [0.2, 0.25) is 26.6 Å². The number of oxazole rings is 1. The van der Waals surface area contributed by atoms with E-state index in [2.05, 4.69) is 15.2 Å². The first-order valence-electron chi connectivity index (χ1n) is 12.0. The van der Waals surface area contributed by atoms with Gasteiger partial charge < -0.3 is 28.7 Å². The molecule has 1 N–H and O–H groups in total. The Bertz CT molecular complexity index is 1290. The van der Waals surface area contributed by atoms with Crippen LogP contribution in [0.1, 0.15) is 6.92 Å². The number of nitrogens with one attached hydrogen (secondary N) is 1. The second kappa shape index (κ2) is 10.8. The highest BCUT2D eigenvalue weighted by atomic mass is 32.2. The number of morpholine rings is 1. The van der Waals surface area contributed by atoms with Crippen molar-refractivity contribution in [3.63, 3.8) is 0 Å². The van der Waals surface area contributed by atoms with E-state index in [0.29, 0.717) is 68.9 Å². The summed E-state index contributed by atoms with van der Waals surface area (Å²) < 4.78 is 55.3. The molecule has 0 atom stereocenters. The van der Waals surface area contributed by atoms with Gasteiger partial charge >= 0.3 is 0 Å². The first-order chi connectivity index (χ1) is 17.5. The highest BCUT2D eigenvalue weighted by Gasteiger charge is 2.30. The van der Waals surface area contributed by atoms with Crippen LogP contribution < -0.4 is 19.5 Å². The first kappa shape index (κ1) is 24.4. The summed E-state index contributed by atoms with van der Waals surface area (Å²) in [7, 11) is -4.02. The van der Waals surface area contributed by atoms with Crippen molar-refractivity contribution in [1.82, 2.24) is 9.88 Å². The van der Waals surface area contributed by atoms with Gasteiger partial charge in [-0.15, -0.1) is 0 Å². The third-order valence-corrected chi connectivity index (χ3v) is 7.56. The Morgan fingerprint density at radius 2 is 1.75 bits per heavy atom. The number of anilines is 1. The molecule has 0 saturated carbocycles. The smallest absolute Gasteiger partial charge is 0.233 e. The average molecular weight is 516 g/mol. The molecule has 1 aromatic heterocycles. The van der Waals surface area contributed by atoms with Gasteiger partial charge in [-0.1, -0.05) is 0 Å². The molecule has 0 spiro atoms. The molecule has 0 unspecified atom stereocenters. The molecule has 1 saturated heterocycles. The van der Waals surface area contributed by atoms with Crippen molar-refractivity contribution in [2.45, 2.75) is 16.8 Å². The van der Waals surface area contributed by atoms with E-state index in [9.17, 15) is 8.42 Å². The molecule has 5 rings (SSSR count). The first-order valence-corrected chi connectivity index (χ1v) is 13.5. The van der Waals surface area contributed by atoms with E-state index in [1.165, 1.54) is 12.1 Å². The number of fused-ring (bicyclic) bond motifs is 1. The van der Waals surface area contributed by atoms with Crippen molar-refractivity contribution in [3.05, 3.63) is 42.5 Å². The monoisotopic (exact) mass is 515 g/mol. The lowest BCUT2D eigenvalue weighted by molar-refractivity contribution is 0.0398. The number of sulfone groups is 1. The third-order valence-electron chi connectivity index (χ3n) is 5.90. The van der Waals surface area contributed by atoms with E-state index in [-0.39, 0.29) is 21.7 Å². The number of rotatable bonds is 9. The van der Waals surface area contributed by atoms with Gasteiger partial charge in [-0.25, -0.2) is 8.42 Å². The van der Waals surface area contributed by atoms with Crippen molar-refractivity contribution >= 4 is 15.7 Å². The minimum Gasteiger partial charge on any atom is -0.494 e. The molecule has 2 aliphatic rings. The van der Waals surface area contributed by atoms with Gasteiger partial charge in [0.25, 0.3) is 0 Å². The lowest BCUT2D eigenvalue weighted by Gasteiger charge is -2.26. The lowest BCUT2D eigenvalue weighted by atomic mass is 10.2. The Kier molecular flexibility index (Phi) is 7.30. The Hall–Kier alpha value is -3.28. The molecule has 0 aliphatic carbocycles. The van der Waals surface area contributed by atoms with E-state index < -0.39 is 9.84 Å². The molecule has 0 radical (unpaired) electrons. The standard InChI is InChI=1S/C25H29N3O7S/c1-2-32-19-5-3-18(4-6-19)23-27-25(24(35-23)26-9-10-28-11-13-31-14-12-28)36(29,30)20-7-8-21-22(17-20)34-16-15-33-21/h3-8,17,26H,2,9-16H2,1H3. The molecule has 3 aromatic rings. The van der Waals surface area contributed by atoms with Crippen LogP contribution in [0.25, 0.3) is 11.5 Å². The zero-order chi connectivity index (χ0) is 25.0. The summed E-state index contributed by atoms with van der Waals surface area (Å²) in [5.74, 6) is 1.91. The SMILES string of the molecule is CCOc1ccc(-c2nc(S(=O)(=O)c3ccc4c(c3)OCCO4)c(NCCN3CCOCC3)o2)cc1. The molecule has 192 valence electrons. The van der Waals surface area contributed by atoms with Crippen LogP contribution in [0.15, 0.2) is 56.8 Å². The van der Waals surface area contributed by atoms with Gasteiger partial charge in [0, 0.05) is 37.8 Å². The summed E-state index contributed by atoms with van der Waals surface area (Å²) in [5.41, 5.74) is 0.637. The number of nitrogens with zero attached hydrogens (tertiary/aromatic N) is 2. The fourth-order valence-electron chi connectivity index (χ4n) is 4.04. The molecule has 0 amide bonds. The largest absolute Gasteiger partial charge is 0.494 e. The molecule has 36 heavy (non-hydrogen) atoms. The molecular formula is C25H29N3O7S. The van der Waals surface area contributed by atoms with Gasteiger partial charge in [0.05, 0.1) is 24.7 Å². The zero-order valence-corrected chi connectivity index (χ0v) is 20.9. The van der Waals surface area contributed by atoms with Gasteiger partial charge in [-0.2, -0.15) is 4.98 Å². The summed E-state index contributed by atoms with van der Waals surface area (Å²) in [6, 6.07) is 11.7. The number of hydrogen-bond donors (Lipinski definition) is 1. The fraction of sp³-hybridized carbons (Fsp3) is 0.400. The molecule has 2 aromatic carbocycles. The minimum atomic E-state index is -4.02. The lowest BCUT2D eigenvalue weighted by Crippen LogP contribution is -2.39. The van der Waals surface area contributed by atoms with Crippen LogP contribution in [-0.4, -0.2) is 77.5 Å². The molecular weight excluding hydrogens is 486 g/mol. The summed E-state index contributed by atoms with van der Waals surface area (Å²) in [6.07, 6.45) is 0. The molecule has 11 heteroatoms. The predicted molar refractivity (Wildman–Crippen MR) is 132 cm³/mol. The summed E-state index contributed by atoms with van der Waals surface area (Å²) in [4.78, 5) is 6.71. The molecule has 1 fully saturated rings. The van der Waals surface area contributed by atoms with E-state index in [1.807, 2.05) is 6.92 Å². The van der Waals surface area contributed by atoms with Crippen LogP contribution in [0.3, 0.4) is 0 Å². The molecule has 2 aliphatic heterocycles. The predicted octanol–water partition coefficient (Wildman–Crippen LogP) is 3.09. The van der Waals surface area contributed by atoms with Crippen molar-refractivity contribution in [3.8, 4) is 28.7 Å². The van der Waals surface area contributed by atoms with Gasteiger partial charge in [0.1, 0.15) is 19.0 Å². The summed E-state index contributed by atoms with van der Waals surface area (Å²) >= 11 is 0. The van der Waals surface area contributed by atoms with Crippen molar-refractivity contribution in [2.24, 2.45) is 0 Å². The van der Waals surface area contributed by atoms with Crippen LogP contribution in [-0.2, 0) is 14.6 Å². The van der Waals surface area contributed by atoms with E-state index >= 15 is 0 Å². The molecule has 3 heterocycles. The van der Waals surface area contributed by atoms with Crippen molar-refractivity contribution in [2.75, 3.05) is 64.5 Å². The highest BCUT2D eigenvalue weighted by molar-refractivity contribution is 7.91. The number of benzene rings is 2. The third kappa shape index (κ3) is 5.28. The Labute approximate surface area is 210 Å². The van der Waals surface area contributed by atoms with E-state index in [1.54, 1.807) is 30.3 Å². The number of ether oxygens (including phenoxy) is 4. The highest BCUT2D eigenvalue weighted by Crippen LogP contribution is 2.37. The van der Waals surface area contributed by atoms with Crippen LogP contribution >= 0.6 is 0 Å². The second-order valence-electron chi connectivity index (χ2n) is 8.30.